The number of hydrogen-bond donors (Lipinski definition) is 2. The van der Waals surface area contributed by atoms with E-state index in [1.54, 1.807) is 31.9 Å². The largest absolute Gasteiger partial charge is 0.494 e. The third-order valence-electron chi connectivity index (χ3n) is 4.39. The minimum absolute atomic E-state index is 0.0117. The number of amides is 2. The normalized spacial score (nSPS) is 10.7. The molecule has 0 saturated carbocycles. The number of methoxy groups -OCH3 is 1. The Balaban J connectivity index is 2.14. The number of likely N-dealkylation sites (N-methyl/N-ethyl adjacent to an activating group) is 1. The van der Waals surface area contributed by atoms with Crippen LogP contribution in [0.1, 0.15) is 38.1 Å². The number of nitrogens with zero attached hydrogens (tertiary/aromatic N) is 1. The monoisotopic (exact) mass is 451 g/mol. The van der Waals surface area contributed by atoms with Gasteiger partial charge in [-0.3, -0.25) is 14.5 Å². The fourth-order valence-electron chi connectivity index (χ4n) is 2.97. The molecule has 1 aromatic heterocycles. The average Bonchev–Trinajstić information content (AvgIpc) is 3.03. The lowest BCUT2D eigenvalue weighted by Crippen LogP contribution is -2.30. The van der Waals surface area contributed by atoms with Gasteiger partial charge in [-0.2, -0.15) is 0 Å². The molecule has 0 bridgehead atoms. The van der Waals surface area contributed by atoms with Crippen molar-refractivity contribution in [1.82, 2.24) is 10.2 Å². The summed E-state index contributed by atoms with van der Waals surface area (Å²) in [5.41, 5.74) is 1.29. The molecule has 0 fully saturated rings. The highest BCUT2D eigenvalue weighted by Crippen LogP contribution is 2.33. The number of carbonyl (C=O) groups is 3. The van der Waals surface area contributed by atoms with Gasteiger partial charge in [0.1, 0.15) is 5.00 Å². The van der Waals surface area contributed by atoms with Crippen molar-refractivity contribution in [3.8, 4) is 5.75 Å². The number of esters is 1. The molecule has 0 unspecified atom stereocenters. The summed E-state index contributed by atoms with van der Waals surface area (Å²) in [4.78, 5) is 39.1. The Labute approximate surface area is 184 Å². The van der Waals surface area contributed by atoms with Crippen LogP contribution in [0.4, 0.5) is 9.39 Å². The Hall–Kier alpha value is -2.98. The first-order valence-corrected chi connectivity index (χ1v) is 10.4. The van der Waals surface area contributed by atoms with Crippen molar-refractivity contribution in [3.63, 3.8) is 0 Å². The summed E-state index contributed by atoms with van der Waals surface area (Å²) in [5, 5.41) is 5.47. The molecule has 2 aromatic rings. The fourth-order valence-corrected chi connectivity index (χ4v) is 4.13. The third kappa shape index (κ3) is 6.02. The average molecular weight is 452 g/mol. The van der Waals surface area contributed by atoms with Crippen LogP contribution >= 0.6 is 11.3 Å². The third-order valence-corrected chi connectivity index (χ3v) is 5.60. The molecule has 0 radical (unpaired) electrons. The second-order valence-electron chi connectivity index (χ2n) is 6.75. The Morgan fingerprint density at radius 2 is 1.97 bits per heavy atom. The maximum atomic E-state index is 13.9. The Morgan fingerprint density at radius 3 is 2.55 bits per heavy atom. The number of carbonyl (C=O) groups excluding carboxylic acids is 3. The van der Waals surface area contributed by atoms with Gasteiger partial charge in [-0.15, -0.1) is 11.3 Å². The van der Waals surface area contributed by atoms with Crippen LogP contribution in [-0.2, 0) is 16.1 Å². The van der Waals surface area contributed by atoms with Gasteiger partial charge in [0.25, 0.3) is 5.91 Å². The summed E-state index contributed by atoms with van der Waals surface area (Å²) in [5.74, 6) is -1.67. The number of halogens is 1. The first-order chi connectivity index (χ1) is 14.7. The molecule has 0 atom stereocenters. The maximum Gasteiger partial charge on any atom is 0.341 e. The second kappa shape index (κ2) is 10.9. The minimum Gasteiger partial charge on any atom is -0.494 e. The van der Waals surface area contributed by atoms with E-state index in [1.807, 2.05) is 0 Å². The summed E-state index contributed by atoms with van der Waals surface area (Å²) in [6, 6.07) is 4.59. The lowest BCUT2D eigenvalue weighted by atomic mass is 10.1. The molecule has 0 aliphatic rings. The van der Waals surface area contributed by atoms with Gasteiger partial charge in [0.15, 0.2) is 11.6 Å². The Kier molecular flexibility index (Phi) is 8.52. The van der Waals surface area contributed by atoms with Gasteiger partial charge in [0.2, 0.25) is 5.91 Å². The molecule has 1 heterocycles. The van der Waals surface area contributed by atoms with E-state index in [4.69, 9.17) is 9.47 Å². The molecule has 2 amide bonds. The van der Waals surface area contributed by atoms with E-state index >= 15 is 0 Å². The minimum atomic E-state index is -0.608. The number of thiophene rings is 1. The number of hydrogen-bond acceptors (Lipinski definition) is 7. The molecule has 0 aliphatic carbocycles. The van der Waals surface area contributed by atoms with Gasteiger partial charge in [-0.25, -0.2) is 9.18 Å². The molecule has 0 spiro atoms. The molecule has 0 aliphatic heterocycles. The van der Waals surface area contributed by atoms with E-state index in [2.05, 4.69) is 10.6 Å². The second-order valence-corrected chi connectivity index (χ2v) is 7.77. The van der Waals surface area contributed by atoms with Crippen molar-refractivity contribution in [2.24, 2.45) is 0 Å². The quantitative estimate of drug-likeness (QED) is 0.569. The van der Waals surface area contributed by atoms with Gasteiger partial charge in [0, 0.05) is 13.6 Å². The highest BCUT2D eigenvalue weighted by atomic mass is 32.1. The zero-order valence-corrected chi connectivity index (χ0v) is 18.9. The van der Waals surface area contributed by atoms with Crippen molar-refractivity contribution in [2.45, 2.75) is 20.4 Å². The highest BCUT2D eigenvalue weighted by molar-refractivity contribution is 7.18. The van der Waals surface area contributed by atoms with E-state index in [-0.39, 0.29) is 41.3 Å². The van der Waals surface area contributed by atoms with Crippen LogP contribution in [0, 0.1) is 12.7 Å². The summed E-state index contributed by atoms with van der Waals surface area (Å²) in [6.07, 6.45) is 0. The lowest BCUT2D eigenvalue weighted by Gasteiger charge is -2.17. The molecule has 0 saturated heterocycles. The number of ether oxygens (including phenoxy) is 2. The molecule has 2 N–H and O–H groups in total. The van der Waals surface area contributed by atoms with E-state index in [1.165, 1.54) is 26.3 Å². The molecular weight excluding hydrogens is 425 g/mol. The van der Waals surface area contributed by atoms with Crippen LogP contribution in [0.25, 0.3) is 0 Å². The summed E-state index contributed by atoms with van der Waals surface area (Å²) >= 11 is 1.01. The van der Waals surface area contributed by atoms with Gasteiger partial charge in [0.05, 0.1) is 30.7 Å². The lowest BCUT2D eigenvalue weighted by molar-refractivity contribution is -0.117. The van der Waals surface area contributed by atoms with Crippen molar-refractivity contribution in [3.05, 3.63) is 45.6 Å². The Morgan fingerprint density at radius 1 is 1.26 bits per heavy atom. The first kappa shape index (κ1) is 24.3. The number of rotatable bonds is 9. The molecule has 168 valence electrons. The van der Waals surface area contributed by atoms with Gasteiger partial charge in [-0.1, -0.05) is 6.07 Å². The van der Waals surface area contributed by atoms with E-state index in [9.17, 15) is 18.8 Å². The number of nitrogens with one attached hydrogen (secondary N) is 2. The molecule has 2 rings (SSSR count). The first-order valence-electron chi connectivity index (χ1n) is 9.55. The van der Waals surface area contributed by atoms with E-state index in [0.29, 0.717) is 22.5 Å². The van der Waals surface area contributed by atoms with Gasteiger partial charge in [-0.05, 0) is 44.2 Å². The number of anilines is 1. The van der Waals surface area contributed by atoms with Crippen LogP contribution in [0.5, 0.6) is 5.75 Å². The summed E-state index contributed by atoms with van der Waals surface area (Å²) in [7, 11) is 4.59. The van der Waals surface area contributed by atoms with Crippen LogP contribution in [-0.4, -0.2) is 57.0 Å². The summed E-state index contributed by atoms with van der Waals surface area (Å²) in [6.45, 7) is 3.79. The van der Waals surface area contributed by atoms with Crippen molar-refractivity contribution >= 4 is 34.1 Å². The van der Waals surface area contributed by atoms with Gasteiger partial charge >= 0.3 is 5.97 Å². The Bertz CT molecular complexity index is 976. The molecular formula is C21H26FN3O5S. The van der Waals surface area contributed by atoms with Crippen molar-refractivity contribution < 1.29 is 28.2 Å². The molecule has 8 nitrogen and oxygen atoms in total. The highest BCUT2D eigenvalue weighted by Gasteiger charge is 2.26. The SMILES string of the molecule is CCOC(=O)c1c(NC(=O)CN(C)Cc2ccc(OC)c(F)c2)sc(C(=O)NC)c1C. The zero-order valence-electron chi connectivity index (χ0n) is 18.1. The van der Waals surface area contributed by atoms with Crippen LogP contribution in [0.3, 0.4) is 0 Å². The molecule has 1 aromatic carbocycles. The number of benzene rings is 1. The fraction of sp³-hybridized carbons (Fsp3) is 0.381. The van der Waals surface area contributed by atoms with Crippen molar-refractivity contribution in [2.75, 3.05) is 39.7 Å². The van der Waals surface area contributed by atoms with Crippen LogP contribution in [0.15, 0.2) is 18.2 Å². The predicted octanol–water partition coefficient (Wildman–Crippen LogP) is 2.81. The van der Waals surface area contributed by atoms with Crippen LogP contribution < -0.4 is 15.4 Å². The maximum absolute atomic E-state index is 13.9. The molecule has 31 heavy (non-hydrogen) atoms. The summed E-state index contributed by atoms with van der Waals surface area (Å²) < 4.78 is 23.8. The molecule has 10 heteroatoms. The smallest absolute Gasteiger partial charge is 0.341 e. The predicted molar refractivity (Wildman–Crippen MR) is 116 cm³/mol. The van der Waals surface area contributed by atoms with E-state index in [0.717, 1.165) is 11.3 Å². The van der Waals surface area contributed by atoms with Crippen LogP contribution in [0.2, 0.25) is 0 Å². The standard InChI is InChI=1S/C21H26FN3O5S/c1-6-30-21(28)17-12(2)18(19(27)23-3)31-20(17)24-16(26)11-25(4)10-13-7-8-15(29-5)14(22)9-13/h7-9H,6,10-11H2,1-5H3,(H,23,27)(H,24,26). The van der Waals surface area contributed by atoms with Crippen molar-refractivity contribution in [1.29, 1.82) is 0 Å². The van der Waals surface area contributed by atoms with E-state index < -0.39 is 11.8 Å². The topological polar surface area (TPSA) is 97.0 Å². The zero-order chi connectivity index (χ0) is 23.1. The van der Waals surface area contributed by atoms with Gasteiger partial charge < -0.3 is 20.1 Å².